The molecule has 7 heteroatoms. The van der Waals surface area contributed by atoms with Gasteiger partial charge in [-0.1, -0.05) is 0 Å². The van der Waals surface area contributed by atoms with Gasteiger partial charge in [0.15, 0.2) is 0 Å². The van der Waals surface area contributed by atoms with Gasteiger partial charge in [0, 0.05) is 28.5 Å². The van der Waals surface area contributed by atoms with Crippen molar-refractivity contribution in [2.75, 3.05) is 14.2 Å². The van der Waals surface area contributed by atoms with Crippen LogP contribution in [0, 0.1) is 0 Å². The molecule has 124 valence electrons. The molecule has 0 aliphatic rings. The molecule has 0 saturated heterocycles. The SMILES string of the molecule is COc1cc(OC)cc(C(=O)NCc2cn3cc(Br)ccc3n2)c1. The van der Waals surface area contributed by atoms with Crippen LogP contribution in [0.2, 0.25) is 0 Å². The number of benzene rings is 1. The molecule has 0 radical (unpaired) electrons. The Hall–Kier alpha value is -2.54. The van der Waals surface area contributed by atoms with E-state index in [9.17, 15) is 4.79 Å². The topological polar surface area (TPSA) is 64.9 Å². The van der Waals surface area contributed by atoms with E-state index < -0.39 is 0 Å². The van der Waals surface area contributed by atoms with Crippen molar-refractivity contribution < 1.29 is 14.3 Å². The molecular weight excluding hydrogens is 374 g/mol. The van der Waals surface area contributed by atoms with Gasteiger partial charge in [0.2, 0.25) is 0 Å². The van der Waals surface area contributed by atoms with Gasteiger partial charge >= 0.3 is 0 Å². The number of aromatic nitrogens is 2. The highest BCUT2D eigenvalue weighted by Gasteiger charge is 2.11. The molecule has 0 aliphatic carbocycles. The number of carbonyl (C=O) groups is 1. The minimum absolute atomic E-state index is 0.217. The van der Waals surface area contributed by atoms with Crippen LogP contribution in [-0.4, -0.2) is 29.5 Å². The number of pyridine rings is 1. The van der Waals surface area contributed by atoms with E-state index in [1.165, 1.54) is 0 Å². The van der Waals surface area contributed by atoms with E-state index in [1.54, 1.807) is 32.4 Å². The van der Waals surface area contributed by atoms with E-state index in [0.717, 1.165) is 15.8 Å². The van der Waals surface area contributed by atoms with Gasteiger partial charge < -0.3 is 19.2 Å². The number of amides is 1. The number of hydrogen-bond acceptors (Lipinski definition) is 4. The van der Waals surface area contributed by atoms with Crippen LogP contribution in [0.3, 0.4) is 0 Å². The van der Waals surface area contributed by atoms with Crippen molar-refractivity contribution in [1.82, 2.24) is 14.7 Å². The Morgan fingerprint density at radius 1 is 1.17 bits per heavy atom. The Kier molecular flexibility index (Phi) is 4.71. The summed E-state index contributed by atoms with van der Waals surface area (Å²) >= 11 is 3.42. The first-order valence-electron chi connectivity index (χ1n) is 7.23. The highest BCUT2D eigenvalue weighted by atomic mass is 79.9. The monoisotopic (exact) mass is 389 g/mol. The molecule has 0 bridgehead atoms. The lowest BCUT2D eigenvalue weighted by Gasteiger charge is -2.08. The molecule has 24 heavy (non-hydrogen) atoms. The number of fused-ring (bicyclic) bond motifs is 1. The van der Waals surface area contributed by atoms with Gasteiger partial charge in [0.05, 0.1) is 26.5 Å². The van der Waals surface area contributed by atoms with Gasteiger partial charge in [-0.25, -0.2) is 4.98 Å². The second kappa shape index (κ2) is 6.92. The second-order valence-corrected chi connectivity index (χ2v) is 6.04. The van der Waals surface area contributed by atoms with Crippen LogP contribution >= 0.6 is 15.9 Å². The highest BCUT2D eigenvalue weighted by Crippen LogP contribution is 2.22. The van der Waals surface area contributed by atoms with Crippen LogP contribution in [0.1, 0.15) is 16.1 Å². The minimum Gasteiger partial charge on any atom is -0.497 e. The summed E-state index contributed by atoms with van der Waals surface area (Å²) in [4.78, 5) is 16.8. The Bertz CT molecular complexity index is 870. The number of methoxy groups -OCH3 is 2. The molecule has 0 atom stereocenters. The first-order valence-corrected chi connectivity index (χ1v) is 8.03. The molecule has 0 fully saturated rings. The summed E-state index contributed by atoms with van der Waals surface area (Å²) in [6, 6.07) is 8.88. The van der Waals surface area contributed by atoms with E-state index in [0.29, 0.717) is 23.6 Å². The molecule has 0 spiro atoms. The Morgan fingerprint density at radius 3 is 2.54 bits per heavy atom. The summed E-state index contributed by atoms with van der Waals surface area (Å²) in [7, 11) is 3.09. The van der Waals surface area contributed by atoms with Crippen molar-refractivity contribution in [3.63, 3.8) is 0 Å². The van der Waals surface area contributed by atoms with Crippen LogP contribution in [0.25, 0.3) is 5.65 Å². The zero-order valence-corrected chi connectivity index (χ0v) is 14.8. The third-order valence-corrected chi connectivity index (χ3v) is 3.98. The average Bonchev–Trinajstić information content (AvgIpc) is 3.01. The van der Waals surface area contributed by atoms with E-state index in [4.69, 9.17) is 9.47 Å². The van der Waals surface area contributed by atoms with Crippen molar-refractivity contribution in [3.8, 4) is 11.5 Å². The number of nitrogens with zero attached hydrogens (tertiary/aromatic N) is 2. The van der Waals surface area contributed by atoms with E-state index >= 15 is 0 Å². The first-order chi connectivity index (χ1) is 11.6. The predicted octanol–water partition coefficient (Wildman–Crippen LogP) is 3.04. The fourth-order valence-electron chi connectivity index (χ4n) is 2.31. The number of nitrogens with one attached hydrogen (secondary N) is 1. The lowest BCUT2D eigenvalue weighted by atomic mass is 10.2. The fraction of sp³-hybridized carbons (Fsp3) is 0.176. The number of imidazole rings is 1. The largest absolute Gasteiger partial charge is 0.497 e. The quantitative estimate of drug-likeness (QED) is 0.728. The molecule has 6 nitrogen and oxygen atoms in total. The summed E-state index contributed by atoms with van der Waals surface area (Å²) in [6.07, 6.45) is 3.80. The highest BCUT2D eigenvalue weighted by molar-refractivity contribution is 9.10. The van der Waals surface area contributed by atoms with E-state index in [1.807, 2.05) is 28.9 Å². The average molecular weight is 390 g/mol. The van der Waals surface area contributed by atoms with Crippen LogP contribution in [-0.2, 0) is 6.54 Å². The summed E-state index contributed by atoms with van der Waals surface area (Å²) < 4.78 is 13.2. The molecule has 3 aromatic rings. The lowest BCUT2D eigenvalue weighted by molar-refractivity contribution is 0.0949. The van der Waals surface area contributed by atoms with Crippen molar-refractivity contribution >= 4 is 27.5 Å². The molecular formula is C17H16BrN3O3. The smallest absolute Gasteiger partial charge is 0.251 e. The molecule has 1 aromatic carbocycles. The van der Waals surface area contributed by atoms with Gasteiger partial charge in [0.25, 0.3) is 5.91 Å². The third kappa shape index (κ3) is 3.51. The number of hydrogen-bond donors (Lipinski definition) is 1. The van der Waals surface area contributed by atoms with Gasteiger partial charge in [-0.2, -0.15) is 0 Å². The number of ether oxygens (including phenoxy) is 2. The van der Waals surface area contributed by atoms with Crippen LogP contribution in [0.15, 0.2) is 47.2 Å². The standard InChI is InChI=1S/C17H16BrN3O3/c1-23-14-5-11(6-15(7-14)24-2)17(22)19-8-13-10-21-9-12(18)3-4-16(21)20-13/h3-7,9-10H,8H2,1-2H3,(H,19,22). The van der Waals surface area contributed by atoms with E-state index in [-0.39, 0.29) is 5.91 Å². The van der Waals surface area contributed by atoms with Gasteiger partial charge in [-0.15, -0.1) is 0 Å². The number of rotatable bonds is 5. The molecule has 2 aromatic heterocycles. The summed E-state index contributed by atoms with van der Waals surface area (Å²) in [6.45, 7) is 0.331. The molecule has 2 heterocycles. The summed E-state index contributed by atoms with van der Waals surface area (Å²) in [5, 5.41) is 2.86. The molecule has 0 unspecified atom stereocenters. The maximum atomic E-state index is 12.4. The maximum Gasteiger partial charge on any atom is 0.251 e. The normalized spacial score (nSPS) is 10.6. The Morgan fingerprint density at radius 2 is 1.88 bits per heavy atom. The minimum atomic E-state index is -0.217. The molecule has 3 rings (SSSR count). The first kappa shape index (κ1) is 16.3. The van der Waals surface area contributed by atoms with Crippen molar-refractivity contribution in [2.24, 2.45) is 0 Å². The maximum absolute atomic E-state index is 12.4. The molecule has 1 N–H and O–H groups in total. The Balaban J connectivity index is 1.74. The third-order valence-electron chi connectivity index (χ3n) is 3.51. The zero-order valence-electron chi connectivity index (χ0n) is 13.2. The van der Waals surface area contributed by atoms with Crippen molar-refractivity contribution in [3.05, 3.63) is 58.5 Å². The number of carbonyl (C=O) groups excluding carboxylic acids is 1. The van der Waals surface area contributed by atoms with Crippen LogP contribution < -0.4 is 14.8 Å². The van der Waals surface area contributed by atoms with Crippen molar-refractivity contribution in [2.45, 2.75) is 6.54 Å². The predicted molar refractivity (Wildman–Crippen MR) is 93.6 cm³/mol. The lowest BCUT2D eigenvalue weighted by Crippen LogP contribution is -2.23. The zero-order chi connectivity index (χ0) is 17.1. The molecule has 1 amide bonds. The fourth-order valence-corrected chi connectivity index (χ4v) is 2.67. The van der Waals surface area contributed by atoms with Gasteiger partial charge in [0.1, 0.15) is 17.1 Å². The number of halogens is 1. The molecule has 0 saturated carbocycles. The Labute approximate surface area is 147 Å². The van der Waals surface area contributed by atoms with E-state index in [2.05, 4.69) is 26.2 Å². The summed E-state index contributed by atoms with van der Waals surface area (Å²) in [5.41, 5.74) is 2.07. The van der Waals surface area contributed by atoms with Crippen molar-refractivity contribution in [1.29, 1.82) is 0 Å². The van der Waals surface area contributed by atoms with Crippen LogP contribution in [0.5, 0.6) is 11.5 Å². The second-order valence-electron chi connectivity index (χ2n) is 5.13. The van der Waals surface area contributed by atoms with Crippen LogP contribution in [0.4, 0.5) is 0 Å². The summed E-state index contributed by atoms with van der Waals surface area (Å²) in [5.74, 6) is 0.916. The van der Waals surface area contributed by atoms with Gasteiger partial charge in [-0.05, 0) is 40.2 Å². The molecule has 0 aliphatic heterocycles. The van der Waals surface area contributed by atoms with Gasteiger partial charge in [-0.3, -0.25) is 4.79 Å².